The maximum absolute atomic E-state index is 9.88. The average molecular weight is 841 g/mol. The van der Waals surface area contributed by atoms with Crippen LogP contribution in [0.2, 0.25) is 0 Å². The van der Waals surface area contributed by atoms with Crippen LogP contribution in [0.3, 0.4) is 0 Å². The zero-order valence-electron chi connectivity index (χ0n) is 36.0. The number of quaternary nitrogens is 2. The van der Waals surface area contributed by atoms with Crippen molar-refractivity contribution in [3.63, 3.8) is 0 Å². The molecule has 5 aromatic rings. The summed E-state index contributed by atoms with van der Waals surface area (Å²) in [4.78, 5) is 0. The molecule has 3 aromatic carbocycles. The Labute approximate surface area is 353 Å². The number of hydrogen-bond acceptors (Lipinski definition) is 8. The van der Waals surface area contributed by atoms with Crippen LogP contribution in [0, 0.1) is 0 Å². The Hall–Kier alpha value is -2.62. The number of rotatable bonds is 22. The summed E-state index contributed by atoms with van der Waals surface area (Å²) in [5, 5.41) is 59.3. The normalized spacial score (nSPS) is 13.2. The van der Waals surface area contributed by atoms with Crippen LogP contribution in [0.5, 0.6) is 0 Å². The van der Waals surface area contributed by atoms with E-state index in [0.717, 1.165) is 51.9 Å². The van der Waals surface area contributed by atoms with Gasteiger partial charge in [0, 0.05) is 13.1 Å². The van der Waals surface area contributed by atoms with Crippen LogP contribution in [-0.4, -0.2) is 141 Å². The molecule has 0 aliphatic heterocycles. The lowest BCUT2D eigenvalue weighted by atomic mass is 9.87. The van der Waals surface area contributed by atoms with E-state index < -0.39 is 0 Å². The van der Waals surface area contributed by atoms with E-state index in [1.807, 2.05) is 22.7 Å². The minimum absolute atomic E-state index is 0.00874. The third-order valence-electron chi connectivity index (χ3n) is 12.3. The number of aromatic nitrogens is 2. The predicted molar refractivity (Wildman–Crippen MR) is 244 cm³/mol. The van der Waals surface area contributed by atoms with Gasteiger partial charge in [-0.05, 0) is 84.0 Å². The lowest BCUT2D eigenvalue weighted by molar-refractivity contribution is -0.929. The SMILES string of the molecule is CC(C)(C)c1ccc2c(c1)sc1cc3c(cc1n2CCCC[N+](CCO)(CCO)CCO)sc1cc(C(C)(C)C)ccc1n3CCCC[N+](CCO)(CCO)CCO. The maximum atomic E-state index is 9.88. The van der Waals surface area contributed by atoms with Crippen molar-refractivity contribution >= 4 is 63.5 Å². The van der Waals surface area contributed by atoms with Crippen molar-refractivity contribution < 1.29 is 39.6 Å². The third-order valence-corrected chi connectivity index (χ3v) is 14.5. The summed E-state index contributed by atoms with van der Waals surface area (Å²) in [6.07, 6.45) is 3.65. The monoisotopic (exact) mass is 840 g/mol. The molecule has 0 saturated heterocycles. The molecule has 0 spiro atoms. The number of unbranched alkanes of at least 4 members (excludes halogenated alkanes) is 2. The van der Waals surface area contributed by atoms with E-state index in [9.17, 15) is 30.6 Å². The van der Waals surface area contributed by atoms with Crippen LogP contribution in [0.15, 0.2) is 48.5 Å². The molecule has 2 aromatic heterocycles. The van der Waals surface area contributed by atoms with E-state index in [-0.39, 0.29) is 50.5 Å². The average Bonchev–Trinajstić information content (AvgIpc) is 3.16. The molecule has 0 aliphatic carbocycles. The van der Waals surface area contributed by atoms with Gasteiger partial charge in [-0.15, -0.1) is 22.7 Å². The Morgan fingerprint density at radius 1 is 0.414 bits per heavy atom. The summed E-state index contributed by atoms with van der Waals surface area (Å²) >= 11 is 3.70. The second-order valence-electron chi connectivity index (χ2n) is 18.4. The highest BCUT2D eigenvalue weighted by Gasteiger charge is 2.27. The van der Waals surface area contributed by atoms with Gasteiger partial charge in [0.05, 0.1) is 93.6 Å². The number of aryl methyl sites for hydroxylation is 2. The molecule has 0 bridgehead atoms. The molecule has 0 saturated carbocycles. The van der Waals surface area contributed by atoms with Gasteiger partial charge in [0.15, 0.2) is 0 Å². The molecule has 10 nitrogen and oxygen atoms in total. The number of fused-ring (bicyclic) bond motifs is 4. The van der Waals surface area contributed by atoms with Crippen molar-refractivity contribution in [2.45, 2.75) is 91.1 Å². The molecule has 5 rings (SSSR count). The van der Waals surface area contributed by atoms with Gasteiger partial charge in [-0.25, -0.2) is 0 Å². The van der Waals surface area contributed by atoms with Crippen molar-refractivity contribution in [2.75, 3.05) is 92.0 Å². The van der Waals surface area contributed by atoms with E-state index in [1.165, 1.54) is 52.0 Å². The van der Waals surface area contributed by atoms with Gasteiger partial charge in [0.2, 0.25) is 0 Å². The largest absolute Gasteiger partial charge is 0.391 e. The molecule has 0 aliphatic rings. The Bertz CT molecular complexity index is 1950. The molecular formula is C46H72N4O6S2+2. The van der Waals surface area contributed by atoms with E-state index in [2.05, 4.69) is 99.2 Å². The molecule has 0 amide bonds. The minimum atomic E-state index is 0.00874. The lowest BCUT2D eigenvalue weighted by Crippen LogP contribution is -2.53. The highest BCUT2D eigenvalue weighted by atomic mass is 32.1. The van der Waals surface area contributed by atoms with Crippen molar-refractivity contribution in [2.24, 2.45) is 0 Å². The molecular weight excluding hydrogens is 769 g/mol. The highest BCUT2D eigenvalue weighted by Crippen LogP contribution is 2.39. The number of nitrogens with zero attached hydrogens (tertiary/aromatic N) is 4. The second-order valence-corrected chi connectivity index (χ2v) is 20.6. The van der Waals surface area contributed by atoms with Gasteiger partial charge in [0.1, 0.15) is 39.3 Å². The van der Waals surface area contributed by atoms with Gasteiger partial charge in [-0.2, -0.15) is 0 Å². The number of hydrogen-bond donors (Lipinski definition) is 6. The number of aliphatic hydroxyl groups excluding tert-OH is 6. The van der Waals surface area contributed by atoms with Gasteiger partial charge in [-0.3, -0.25) is 0 Å². The molecule has 6 N–H and O–H groups in total. The molecule has 0 atom stereocenters. The van der Waals surface area contributed by atoms with E-state index in [4.69, 9.17) is 0 Å². The number of aliphatic hydroxyl groups is 6. The van der Waals surface area contributed by atoms with Crippen LogP contribution >= 0.6 is 22.7 Å². The van der Waals surface area contributed by atoms with Crippen LogP contribution in [0.25, 0.3) is 40.9 Å². The van der Waals surface area contributed by atoms with Crippen molar-refractivity contribution in [1.82, 2.24) is 9.13 Å². The van der Waals surface area contributed by atoms with Gasteiger partial charge >= 0.3 is 0 Å². The fourth-order valence-electron chi connectivity index (χ4n) is 8.72. The predicted octanol–water partition coefficient (Wildman–Crippen LogP) is 6.89. The standard InChI is InChI=1S/C46H72N4O6S2/c1-45(2,3)35-11-13-37-41(31-35)57-43-33-40-44(34-39(43)47(37)15-7-9-17-49(19-25-51,20-26-52)21-27-53)58-42-32-36(46(4,5)6)12-14-38(42)48(40)16-8-10-18-50(22-28-54,23-29-55)24-30-56/h11-14,31-34,51-56H,7-10,15-30H2,1-6H3/q+2. The van der Waals surface area contributed by atoms with E-state index in [1.54, 1.807) is 0 Å². The first-order valence-electron chi connectivity index (χ1n) is 21.4. The topological polar surface area (TPSA) is 131 Å². The first-order valence-corrected chi connectivity index (χ1v) is 23.0. The Balaban J connectivity index is 1.63. The molecule has 322 valence electrons. The summed E-state index contributed by atoms with van der Waals surface area (Å²) in [5.74, 6) is 0. The zero-order valence-corrected chi connectivity index (χ0v) is 37.7. The smallest absolute Gasteiger partial charge is 0.102 e. The first-order chi connectivity index (χ1) is 27.7. The molecule has 12 heteroatoms. The quantitative estimate of drug-likeness (QED) is 0.0256. The minimum Gasteiger partial charge on any atom is -0.391 e. The summed E-state index contributed by atoms with van der Waals surface area (Å²) in [5.41, 5.74) is 7.48. The van der Waals surface area contributed by atoms with Gasteiger partial charge < -0.3 is 48.7 Å². The van der Waals surface area contributed by atoms with Crippen LogP contribution in [-0.2, 0) is 23.9 Å². The van der Waals surface area contributed by atoms with E-state index in [0.29, 0.717) is 48.2 Å². The summed E-state index contributed by atoms with van der Waals surface area (Å²) in [7, 11) is 0. The zero-order chi connectivity index (χ0) is 42.1. The summed E-state index contributed by atoms with van der Waals surface area (Å²) < 4.78 is 11.0. The van der Waals surface area contributed by atoms with Crippen molar-refractivity contribution in [3.05, 3.63) is 59.7 Å². The first kappa shape index (κ1) is 46.4. The van der Waals surface area contributed by atoms with E-state index >= 15 is 0 Å². The molecule has 2 heterocycles. The highest BCUT2D eigenvalue weighted by molar-refractivity contribution is 7.25. The van der Waals surface area contributed by atoms with Crippen molar-refractivity contribution in [1.29, 1.82) is 0 Å². The van der Waals surface area contributed by atoms with Crippen LogP contribution in [0.1, 0.15) is 78.4 Å². The second kappa shape index (κ2) is 20.3. The van der Waals surface area contributed by atoms with Crippen molar-refractivity contribution in [3.8, 4) is 0 Å². The van der Waals surface area contributed by atoms with Crippen LogP contribution < -0.4 is 0 Å². The third kappa shape index (κ3) is 11.0. The van der Waals surface area contributed by atoms with Gasteiger partial charge in [0.25, 0.3) is 0 Å². The molecule has 0 radical (unpaired) electrons. The molecule has 58 heavy (non-hydrogen) atoms. The Kier molecular flexibility index (Phi) is 16.3. The van der Waals surface area contributed by atoms with Gasteiger partial charge in [-0.1, -0.05) is 53.7 Å². The summed E-state index contributed by atoms with van der Waals surface area (Å²) in [6, 6.07) is 18.7. The lowest BCUT2D eigenvalue weighted by Gasteiger charge is -2.37. The fourth-order valence-corrected chi connectivity index (χ4v) is 11.0. The summed E-state index contributed by atoms with van der Waals surface area (Å²) in [6.45, 7) is 20.1. The fraction of sp³-hybridized carbons (Fsp3) is 0.609. The maximum Gasteiger partial charge on any atom is 0.102 e. The molecule has 0 fully saturated rings. The molecule has 0 unspecified atom stereocenters. The Morgan fingerprint density at radius 2 is 0.724 bits per heavy atom. The number of benzene rings is 3. The Morgan fingerprint density at radius 3 is 1.02 bits per heavy atom. The van der Waals surface area contributed by atoms with Crippen LogP contribution in [0.4, 0.5) is 0 Å².